The summed E-state index contributed by atoms with van der Waals surface area (Å²) in [6.07, 6.45) is 3.54. The average Bonchev–Trinajstić information content (AvgIpc) is 2.74. The van der Waals surface area contributed by atoms with E-state index >= 15 is 0 Å². The van der Waals surface area contributed by atoms with E-state index in [-0.39, 0.29) is 5.69 Å². The normalized spacial score (nSPS) is 10.5. The van der Waals surface area contributed by atoms with Gasteiger partial charge >= 0.3 is 0 Å². The Morgan fingerprint density at radius 2 is 2.29 bits per heavy atom. The first-order chi connectivity index (χ1) is 8.16. The topological polar surface area (TPSA) is 53.1 Å². The lowest BCUT2D eigenvalue weighted by Gasteiger charge is -2.11. The number of hydrogen-bond donors (Lipinski definition) is 1. The minimum atomic E-state index is -0.395. The third-order valence-corrected chi connectivity index (χ3v) is 2.75. The summed E-state index contributed by atoms with van der Waals surface area (Å²) in [5, 5.41) is 4.04. The predicted octanol–water partition coefficient (Wildman–Crippen LogP) is 2.45. The van der Waals surface area contributed by atoms with Crippen molar-refractivity contribution in [3.8, 4) is 5.75 Å². The third kappa shape index (κ3) is 2.97. The zero-order valence-electron chi connectivity index (χ0n) is 8.94. The highest BCUT2D eigenvalue weighted by atomic mass is 79.9. The molecule has 1 aromatic heterocycles. The van der Waals surface area contributed by atoms with E-state index < -0.39 is 5.82 Å². The van der Waals surface area contributed by atoms with E-state index in [0.29, 0.717) is 23.4 Å². The van der Waals surface area contributed by atoms with Gasteiger partial charge in [0, 0.05) is 18.5 Å². The molecule has 0 atom stereocenters. The van der Waals surface area contributed by atoms with E-state index in [4.69, 9.17) is 10.5 Å². The van der Waals surface area contributed by atoms with Crippen LogP contribution in [0.3, 0.4) is 0 Å². The molecule has 1 aromatic carbocycles. The minimum absolute atomic E-state index is 0.275. The molecule has 0 amide bonds. The number of anilines is 1. The van der Waals surface area contributed by atoms with E-state index in [9.17, 15) is 4.39 Å². The molecule has 0 bridgehead atoms. The number of nitrogen functional groups attached to an aromatic ring is 1. The first kappa shape index (κ1) is 11.9. The van der Waals surface area contributed by atoms with Crippen molar-refractivity contribution in [3.63, 3.8) is 0 Å². The summed E-state index contributed by atoms with van der Waals surface area (Å²) < 4.78 is 20.7. The van der Waals surface area contributed by atoms with Crippen LogP contribution in [0.1, 0.15) is 0 Å². The van der Waals surface area contributed by atoms with Crippen LogP contribution in [0.15, 0.2) is 35.1 Å². The number of rotatable bonds is 4. The molecule has 1 heterocycles. The van der Waals surface area contributed by atoms with Gasteiger partial charge in [-0.1, -0.05) is 0 Å². The molecule has 0 unspecified atom stereocenters. The minimum Gasteiger partial charge on any atom is -0.488 e. The molecule has 2 aromatic rings. The summed E-state index contributed by atoms with van der Waals surface area (Å²) in [7, 11) is 0. The van der Waals surface area contributed by atoms with Crippen LogP contribution in [0.2, 0.25) is 0 Å². The largest absolute Gasteiger partial charge is 0.488 e. The number of aromatic nitrogens is 2. The van der Waals surface area contributed by atoms with Gasteiger partial charge in [0.15, 0.2) is 5.75 Å². The first-order valence-corrected chi connectivity index (χ1v) is 5.81. The van der Waals surface area contributed by atoms with Crippen molar-refractivity contribution in [2.24, 2.45) is 0 Å². The smallest absolute Gasteiger partial charge is 0.156 e. The first-order valence-electron chi connectivity index (χ1n) is 5.01. The molecule has 0 aliphatic heterocycles. The fraction of sp³-hybridized carbons (Fsp3) is 0.182. The van der Waals surface area contributed by atoms with Crippen molar-refractivity contribution in [3.05, 3.63) is 40.9 Å². The molecule has 0 saturated carbocycles. The zero-order valence-corrected chi connectivity index (χ0v) is 10.5. The molecule has 4 nitrogen and oxygen atoms in total. The van der Waals surface area contributed by atoms with Crippen LogP contribution in [0.25, 0.3) is 0 Å². The monoisotopic (exact) mass is 299 g/mol. The Bertz CT molecular complexity index is 478. The van der Waals surface area contributed by atoms with Crippen molar-refractivity contribution < 1.29 is 9.13 Å². The molecule has 90 valence electrons. The summed E-state index contributed by atoms with van der Waals surface area (Å²) in [6.45, 7) is 1.02. The zero-order chi connectivity index (χ0) is 12.3. The number of hydrogen-bond acceptors (Lipinski definition) is 3. The molecule has 2 N–H and O–H groups in total. The summed E-state index contributed by atoms with van der Waals surface area (Å²) in [6, 6.07) is 4.38. The van der Waals surface area contributed by atoms with Crippen LogP contribution in [0.5, 0.6) is 5.75 Å². The van der Waals surface area contributed by atoms with Crippen molar-refractivity contribution >= 4 is 21.6 Å². The second-order valence-electron chi connectivity index (χ2n) is 3.42. The third-order valence-electron chi connectivity index (χ3n) is 2.16. The van der Waals surface area contributed by atoms with E-state index in [1.807, 2.05) is 12.3 Å². The molecule has 0 aliphatic rings. The maximum Gasteiger partial charge on any atom is 0.156 e. The van der Waals surface area contributed by atoms with Gasteiger partial charge in [-0.3, -0.25) is 4.68 Å². The second kappa shape index (κ2) is 5.18. The number of halogens is 2. The maximum absolute atomic E-state index is 13.0. The molecule has 0 aliphatic carbocycles. The van der Waals surface area contributed by atoms with Gasteiger partial charge in [-0.2, -0.15) is 5.10 Å². The molecular weight excluding hydrogens is 289 g/mol. The molecule has 0 radical (unpaired) electrons. The Morgan fingerprint density at radius 1 is 1.47 bits per heavy atom. The lowest BCUT2D eigenvalue weighted by atomic mass is 10.3. The van der Waals surface area contributed by atoms with Gasteiger partial charge in [-0.05, 0) is 28.1 Å². The summed E-state index contributed by atoms with van der Waals surface area (Å²) in [5.41, 5.74) is 5.94. The summed E-state index contributed by atoms with van der Waals surface area (Å²) in [5.74, 6) is 0.0624. The molecular formula is C11H11BrFN3O. The standard InChI is InChI=1S/C11H11BrFN3O/c12-9-6-8(13)7-10(14)11(9)17-5-4-16-3-1-2-15-16/h1-3,6-7H,4-5,14H2. The fourth-order valence-electron chi connectivity index (χ4n) is 1.41. The Hall–Kier alpha value is -1.56. The van der Waals surface area contributed by atoms with Crippen LogP contribution in [-0.2, 0) is 6.54 Å². The van der Waals surface area contributed by atoms with Gasteiger partial charge in [0.2, 0.25) is 0 Å². The number of ether oxygens (including phenoxy) is 1. The van der Waals surface area contributed by atoms with Gasteiger partial charge in [0.1, 0.15) is 12.4 Å². The van der Waals surface area contributed by atoms with Gasteiger partial charge in [-0.25, -0.2) is 4.39 Å². The molecule has 0 fully saturated rings. The summed E-state index contributed by atoms with van der Waals surface area (Å²) >= 11 is 3.21. The molecule has 17 heavy (non-hydrogen) atoms. The van der Waals surface area contributed by atoms with E-state index in [1.54, 1.807) is 10.9 Å². The number of benzene rings is 1. The van der Waals surface area contributed by atoms with E-state index in [0.717, 1.165) is 0 Å². The van der Waals surface area contributed by atoms with Crippen molar-refractivity contribution in [2.75, 3.05) is 12.3 Å². The maximum atomic E-state index is 13.0. The molecule has 2 rings (SSSR count). The highest BCUT2D eigenvalue weighted by Crippen LogP contribution is 2.32. The number of nitrogens with zero attached hydrogens (tertiary/aromatic N) is 2. The molecule has 0 saturated heterocycles. The predicted molar refractivity (Wildman–Crippen MR) is 66.2 cm³/mol. The van der Waals surface area contributed by atoms with Gasteiger partial charge < -0.3 is 10.5 Å². The van der Waals surface area contributed by atoms with Gasteiger partial charge in [-0.15, -0.1) is 0 Å². The Labute approximate surface area is 106 Å². The van der Waals surface area contributed by atoms with Gasteiger partial charge in [0.05, 0.1) is 16.7 Å². The van der Waals surface area contributed by atoms with Crippen LogP contribution >= 0.6 is 15.9 Å². The number of nitrogens with two attached hydrogens (primary N) is 1. The van der Waals surface area contributed by atoms with E-state index in [2.05, 4.69) is 21.0 Å². The molecule has 6 heteroatoms. The SMILES string of the molecule is Nc1cc(F)cc(Br)c1OCCn1cccn1. The van der Waals surface area contributed by atoms with E-state index in [1.165, 1.54) is 12.1 Å². The quantitative estimate of drug-likeness (QED) is 0.882. The highest BCUT2D eigenvalue weighted by molar-refractivity contribution is 9.10. The van der Waals surface area contributed by atoms with Crippen LogP contribution in [0.4, 0.5) is 10.1 Å². The lowest BCUT2D eigenvalue weighted by Crippen LogP contribution is -2.09. The Balaban J connectivity index is 1.99. The van der Waals surface area contributed by atoms with Gasteiger partial charge in [0.25, 0.3) is 0 Å². The lowest BCUT2D eigenvalue weighted by molar-refractivity contribution is 0.291. The fourth-order valence-corrected chi connectivity index (χ4v) is 1.97. The van der Waals surface area contributed by atoms with Crippen molar-refractivity contribution in [1.82, 2.24) is 9.78 Å². The van der Waals surface area contributed by atoms with Crippen LogP contribution in [-0.4, -0.2) is 16.4 Å². The summed E-state index contributed by atoms with van der Waals surface area (Å²) in [4.78, 5) is 0. The van der Waals surface area contributed by atoms with Crippen LogP contribution < -0.4 is 10.5 Å². The average molecular weight is 300 g/mol. The highest BCUT2D eigenvalue weighted by Gasteiger charge is 2.08. The molecule has 0 spiro atoms. The second-order valence-corrected chi connectivity index (χ2v) is 4.28. The van der Waals surface area contributed by atoms with Crippen molar-refractivity contribution in [2.45, 2.75) is 6.54 Å². The van der Waals surface area contributed by atoms with Crippen molar-refractivity contribution in [1.29, 1.82) is 0 Å². The Morgan fingerprint density at radius 3 is 2.94 bits per heavy atom. The van der Waals surface area contributed by atoms with Crippen LogP contribution in [0, 0.1) is 5.82 Å². The Kier molecular flexibility index (Phi) is 3.63.